The van der Waals surface area contributed by atoms with Gasteiger partial charge < -0.3 is 31.1 Å². The van der Waals surface area contributed by atoms with E-state index in [1.54, 1.807) is 0 Å². The van der Waals surface area contributed by atoms with Gasteiger partial charge in [-0.25, -0.2) is 9.97 Å². The Kier molecular flexibility index (Phi) is 8.30. The predicted molar refractivity (Wildman–Crippen MR) is 154 cm³/mol. The van der Waals surface area contributed by atoms with Crippen LogP contribution in [0.4, 0.5) is 23.0 Å². The Morgan fingerprint density at radius 1 is 0.947 bits per heavy atom. The number of nitrogens with one attached hydrogen (secondary N) is 2. The lowest BCUT2D eigenvalue weighted by molar-refractivity contribution is 0.0982. The quantitative estimate of drug-likeness (QED) is 0.505. The highest BCUT2D eigenvalue weighted by atomic mass is 16.1. The normalized spacial score (nSPS) is 20.2. The highest BCUT2D eigenvalue weighted by Gasteiger charge is 2.27. The summed E-state index contributed by atoms with van der Waals surface area (Å²) in [5.41, 5.74) is 8.82. The third-order valence-electron chi connectivity index (χ3n) is 8.11. The Balaban J connectivity index is 1.28. The largest absolute Gasteiger partial charge is 0.371 e. The maximum Gasteiger partial charge on any atom is 0.271 e. The van der Waals surface area contributed by atoms with Gasteiger partial charge >= 0.3 is 0 Å². The summed E-state index contributed by atoms with van der Waals surface area (Å²) in [6, 6.07) is 9.10. The topological polar surface area (TPSA) is 106 Å². The maximum absolute atomic E-state index is 12.3. The second-order valence-corrected chi connectivity index (χ2v) is 11.1. The zero-order chi connectivity index (χ0) is 26.6. The fourth-order valence-electron chi connectivity index (χ4n) is 5.76. The van der Waals surface area contributed by atoms with Crippen molar-refractivity contribution in [2.75, 3.05) is 87.6 Å². The summed E-state index contributed by atoms with van der Waals surface area (Å²) in [5.74, 6) is 0.790. The number of rotatable bonds is 7. The summed E-state index contributed by atoms with van der Waals surface area (Å²) in [7, 11) is 2.21. The molecule has 206 valence electrons. The fourth-order valence-corrected chi connectivity index (χ4v) is 5.76. The zero-order valence-corrected chi connectivity index (χ0v) is 23.1. The van der Waals surface area contributed by atoms with E-state index in [9.17, 15) is 4.79 Å². The van der Waals surface area contributed by atoms with Crippen LogP contribution in [-0.4, -0.2) is 104 Å². The second kappa shape index (κ2) is 11.8. The molecule has 1 amide bonds. The SMILES string of the molecule is CC(C)c1nc(C(N)=O)c(Nc2ccc(N3CCC(N4CCN(C)CC4)CC3)cc2)nc1N1CCNCC1. The number of carbonyl (C=O) groups is 1. The fraction of sp³-hybridized carbons (Fsp3) is 0.607. The Bertz CT molecular complexity index is 1080. The van der Waals surface area contributed by atoms with Crippen LogP contribution in [0.2, 0.25) is 0 Å². The van der Waals surface area contributed by atoms with Gasteiger partial charge in [0, 0.05) is 82.9 Å². The van der Waals surface area contributed by atoms with Crippen molar-refractivity contribution in [1.82, 2.24) is 25.1 Å². The summed E-state index contributed by atoms with van der Waals surface area (Å²) in [6.45, 7) is 14.5. The molecule has 4 N–H and O–H groups in total. The lowest BCUT2D eigenvalue weighted by atomic mass is 10.0. The molecule has 0 aliphatic carbocycles. The zero-order valence-electron chi connectivity index (χ0n) is 23.1. The maximum atomic E-state index is 12.3. The van der Waals surface area contributed by atoms with Crippen LogP contribution in [0.25, 0.3) is 0 Å². The van der Waals surface area contributed by atoms with Crippen molar-refractivity contribution in [1.29, 1.82) is 0 Å². The van der Waals surface area contributed by atoms with Gasteiger partial charge in [-0.1, -0.05) is 13.8 Å². The summed E-state index contributed by atoms with van der Waals surface area (Å²) in [6.07, 6.45) is 2.41. The van der Waals surface area contributed by atoms with Gasteiger partial charge in [-0.15, -0.1) is 0 Å². The second-order valence-electron chi connectivity index (χ2n) is 11.1. The predicted octanol–water partition coefficient (Wildman–Crippen LogP) is 2.07. The molecule has 0 saturated carbocycles. The lowest BCUT2D eigenvalue weighted by Gasteiger charge is -2.42. The van der Waals surface area contributed by atoms with Crippen LogP contribution >= 0.6 is 0 Å². The summed E-state index contributed by atoms with van der Waals surface area (Å²) < 4.78 is 0. The average molecular weight is 522 g/mol. The van der Waals surface area contributed by atoms with Gasteiger partial charge in [0.25, 0.3) is 5.91 Å². The third kappa shape index (κ3) is 6.03. The summed E-state index contributed by atoms with van der Waals surface area (Å²) in [5, 5.41) is 6.72. The lowest BCUT2D eigenvalue weighted by Crippen LogP contribution is -2.52. The first-order valence-electron chi connectivity index (χ1n) is 14.1. The van der Waals surface area contributed by atoms with Gasteiger partial charge in [-0.05, 0) is 50.1 Å². The number of anilines is 4. The molecule has 10 heteroatoms. The number of likely N-dealkylation sites (N-methyl/N-ethyl adjacent to an activating group) is 1. The monoisotopic (exact) mass is 521 g/mol. The van der Waals surface area contributed by atoms with E-state index in [0.717, 1.165) is 56.5 Å². The molecule has 0 spiro atoms. The standard InChI is InChI=1S/C28H43N9O/c1-20(2)24-28(37-14-10-30-11-15-37)33-27(25(32-24)26(29)38)31-21-4-6-22(7-5-21)35-12-8-23(9-13-35)36-18-16-34(3)17-19-36/h4-7,20,23,30H,8-19H2,1-3H3,(H2,29,38)(H,31,33). The van der Waals surface area contributed by atoms with Crippen LogP contribution in [0.1, 0.15) is 48.8 Å². The van der Waals surface area contributed by atoms with E-state index in [1.165, 1.54) is 44.7 Å². The number of piperidine rings is 1. The molecule has 0 atom stereocenters. The van der Waals surface area contributed by atoms with Crippen LogP contribution in [0.3, 0.4) is 0 Å². The van der Waals surface area contributed by atoms with E-state index in [0.29, 0.717) is 11.9 Å². The number of nitrogens with zero attached hydrogens (tertiary/aromatic N) is 6. The number of primary amides is 1. The number of amides is 1. The summed E-state index contributed by atoms with van der Waals surface area (Å²) in [4.78, 5) is 31.8. The molecule has 38 heavy (non-hydrogen) atoms. The Hall–Kier alpha value is -2.95. The van der Waals surface area contributed by atoms with Gasteiger partial charge in [-0.2, -0.15) is 0 Å². The number of hydrogen-bond donors (Lipinski definition) is 3. The third-order valence-corrected chi connectivity index (χ3v) is 8.11. The Morgan fingerprint density at radius 3 is 2.21 bits per heavy atom. The van der Waals surface area contributed by atoms with E-state index in [4.69, 9.17) is 15.7 Å². The van der Waals surface area contributed by atoms with Gasteiger partial charge in [0.05, 0.1) is 5.69 Å². The minimum atomic E-state index is -0.575. The molecule has 1 aromatic carbocycles. The first-order valence-corrected chi connectivity index (χ1v) is 14.1. The van der Waals surface area contributed by atoms with Crippen molar-refractivity contribution < 1.29 is 4.79 Å². The molecule has 3 aliphatic heterocycles. The van der Waals surface area contributed by atoms with Gasteiger partial charge in [-0.3, -0.25) is 9.69 Å². The van der Waals surface area contributed by atoms with Crippen molar-refractivity contribution in [2.45, 2.75) is 38.6 Å². The molecular formula is C28H43N9O. The van der Waals surface area contributed by atoms with E-state index in [2.05, 4.69) is 75.4 Å². The first kappa shape index (κ1) is 26.6. The minimum Gasteiger partial charge on any atom is -0.371 e. The highest BCUT2D eigenvalue weighted by molar-refractivity contribution is 5.96. The van der Waals surface area contributed by atoms with Crippen molar-refractivity contribution in [3.63, 3.8) is 0 Å². The van der Waals surface area contributed by atoms with E-state index in [1.807, 2.05) is 0 Å². The number of carbonyl (C=O) groups excluding carboxylic acids is 1. The molecule has 5 rings (SSSR count). The Morgan fingerprint density at radius 2 is 1.61 bits per heavy atom. The highest BCUT2D eigenvalue weighted by Crippen LogP contribution is 2.30. The minimum absolute atomic E-state index is 0.124. The number of aromatic nitrogens is 2. The molecule has 3 fully saturated rings. The summed E-state index contributed by atoms with van der Waals surface area (Å²) >= 11 is 0. The van der Waals surface area contributed by atoms with E-state index >= 15 is 0 Å². The first-order chi connectivity index (χ1) is 18.4. The smallest absolute Gasteiger partial charge is 0.271 e. The number of piperazine rings is 2. The molecule has 2 aromatic rings. The van der Waals surface area contributed by atoms with Gasteiger partial charge in [0.15, 0.2) is 17.3 Å². The Labute approximate surface area is 226 Å². The van der Waals surface area contributed by atoms with Crippen LogP contribution in [-0.2, 0) is 0 Å². The van der Waals surface area contributed by atoms with Crippen LogP contribution in [0.5, 0.6) is 0 Å². The molecule has 1 aromatic heterocycles. The molecule has 0 radical (unpaired) electrons. The molecule has 4 heterocycles. The molecule has 10 nitrogen and oxygen atoms in total. The van der Waals surface area contributed by atoms with E-state index in [-0.39, 0.29) is 11.6 Å². The molecule has 3 saturated heterocycles. The van der Waals surface area contributed by atoms with Crippen LogP contribution < -0.4 is 26.2 Å². The van der Waals surface area contributed by atoms with Gasteiger partial charge in [0.1, 0.15) is 0 Å². The van der Waals surface area contributed by atoms with Crippen LogP contribution in [0.15, 0.2) is 24.3 Å². The average Bonchev–Trinajstić information content (AvgIpc) is 2.94. The van der Waals surface area contributed by atoms with Crippen molar-refractivity contribution in [2.24, 2.45) is 5.73 Å². The van der Waals surface area contributed by atoms with Crippen molar-refractivity contribution in [3.05, 3.63) is 35.7 Å². The molecule has 3 aliphatic rings. The van der Waals surface area contributed by atoms with E-state index < -0.39 is 5.91 Å². The van der Waals surface area contributed by atoms with Crippen LogP contribution in [0, 0.1) is 0 Å². The molecule has 0 unspecified atom stereocenters. The molecule has 0 bridgehead atoms. The number of benzene rings is 1. The van der Waals surface area contributed by atoms with Gasteiger partial charge in [0.2, 0.25) is 0 Å². The number of nitrogens with two attached hydrogens (primary N) is 1. The number of hydrogen-bond acceptors (Lipinski definition) is 9. The molecular weight excluding hydrogens is 478 g/mol. The van der Waals surface area contributed by atoms with Crippen molar-refractivity contribution in [3.8, 4) is 0 Å². The van der Waals surface area contributed by atoms with Crippen molar-refractivity contribution >= 4 is 28.9 Å².